The van der Waals surface area contributed by atoms with Gasteiger partial charge in [-0.2, -0.15) is 0 Å². The lowest BCUT2D eigenvalue weighted by molar-refractivity contribution is 0.0904. The van der Waals surface area contributed by atoms with Crippen LogP contribution in [0.1, 0.15) is 29.9 Å². The van der Waals surface area contributed by atoms with Crippen LogP contribution in [0.15, 0.2) is 41.8 Å². The lowest BCUT2D eigenvalue weighted by Crippen LogP contribution is -2.43. The predicted molar refractivity (Wildman–Crippen MR) is 83.0 cm³/mol. The fourth-order valence-corrected chi connectivity index (χ4v) is 2.85. The highest BCUT2D eigenvalue weighted by Gasteiger charge is 2.23. The van der Waals surface area contributed by atoms with Crippen LogP contribution in [-0.2, 0) is 0 Å². The number of hydrogen-bond acceptors (Lipinski definition) is 3. The third kappa shape index (κ3) is 3.46. The van der Waals surface area contributed by atoms with Crippen LogP contribution in [-0.4, -0.2) is 23.2 Å². The zero-order valence-corrected chi connectivity index (χ0v) is 12.5. The average Bonchev–Trinajstić information content (AvgIpc) is 2.88. The number of rotatable bonds is 5. The van der Waals surface area contributed by atoms with Gasteiger partial charge in [0.2, 0.25) is 0 Å². The number of nitrogens with one attached hydrogen (secondary N) is 1. The first-order valence-corrected chi connectivity index (χ1v) is 7.48. The average molecular weight is 289 g/mol. The molecular weight excluding hydrogens is 270 g/mol. The first-order chi connectivity index (χ1) is 9.53. The molecule has 1 aromatic carbocycles. The topological polar surface area (TPSA) is 49.3 Å². The normalized spacial score (nSPS) is 11.3. The van der Waals surface area contributed by atoms with Crippen LogP contribution in [0.5, 0.6) is 0 Å². The van der Waals surface area contributed by atoms with Gasteiger partial charge in [0, 0.05) is 17.7 Å². The van der Waals surface area contributed by atoms with Crippen LogP contribution in [0.3, 0.4) is 0 Å². The summed E-state index contributed by atoms with van der Waals surface area (Å²) in [4.78, 5) is 13.1. The van der Waals surface area contributed by atoms with E-state index in [4.69, 9.17) is 5.11 Å². The molecule has 1 heterocycles. The van der Waals surface area contributed by atoms with Crippen molar-refractivity contribution in [1.82, 2.24) is 5.32 Å². The summed E-state index contributed by atoms with van der Waals surface area (Å²) in [7, 11) is 0. The zero-order valence-electron chi connectivity index (χ0n) is 11.7. The second kappa shape index (κ2) is 6.20. The lowest BCUT2D eigenvalue weighted by atomic mass is 10.0. The number of carbonyl (C=O) groups excluding carboxylic acids is 1. The Kier molecular flexibility index (Phi) is 4.57. The summed E-state index contributed by atoms with van der Waals surface area (Å²) in [5.74, 6) is -0.0858. The molecule has 20 heavy (non-hydrogen) atoms. The van der Waals surface area contributed by atoms with Crippen molar-refractivity contribution >= 4 is 17.2 Å². The Morgan fingerprint density at radius 1 is 1.25 bits per heavy atom. The third-order valence-corrected chi connectivity index (χ3v) is 4.06. The van der Waals surface area contributed by atoms with Gasteiger partial charge in [-0.15, -0.1) is 11.3 Å². The number of aliphatic hydroxyl groups is 1. The molecule has 4 heteroatoms. The molecule has 1 aromatic heterocycles. The molecule has 1 amide bonds. The summed E-state index contributed by atoms with van der Waals surface area (Å²) in [5.41, 5.74) is 1.58. The molecule has 0 saturated heterocycles. The van der Waals surface area contributed by atoms with Crippen molar-refractivity contribution in [1.29, 1.82) is 0 Å². The van der Waals surface area contributed by atoms with Crippen molar-refractivity contribution in [2.75, 3.05) is 6.61 Å². The molecule has 0 aliphatic rings. The van der Waals surface area contributed by atoms with Gasteiger partial charge in [0.05, 0.1) is 4.88 Å². The highest BCUT2D eigenvalue weighted by molar-refractivity contribution is 7.12. The van der Waals surface area contributed by atoms with E-state index >= 15 is 0 Å². The summed E-state index contributed by atoms with van der Waals surface area (Å²) in [6.45, 7) is 3.89. The quantitative estimate of drug-likeness (QED) is 0.887. The van der Waals surface area contributed by atoms with Crippen molar-refractivity contribution in [2.45, 2.75) is 25.8 Å². The monoisotopic (exact) mass is 289 g/mol. The van der Waals surface area contributed by atoms with Gasteiger partial charge < -0.3 is 10.4 Å². The van der Waals surface area contributed by atoms with Crippen molar-refractivity contribution in [3.05, 3.63) is 46.7 Å². The molecule has 2 aromatic rings. The van der Waals surface area contributed by atoms with Crippen LogP contribution < -0.4 is 5.32 Å². The molecule has 2 N–H and O–H groups in total. The number of carbonyl (C=O) groups is 1. The summed E-state index contributed by atoms with van der Waals surface area (Å²) >= 11 is 1.44. The zero-order chi connectivity index (χ0) is 14.6. The van der Waals surface area contributed by atoms with Crippen molar-refractivity contribution in [3.8, 4) is 11.1 Å². The molecule has 0 saturated carbocycles. The Bertz CT molecular complexity index is 575. The maximum Gasteiger partial charge on any atom is 0.262 e. The fraction of sp³-hybridized carbons (Fsp3) is 0.312. The SMILES string of the molecule is CC(C)(CCO)NC(=O)c1sccc1-c1ccccc1. The van der Waals surface area contributed by atoms with E-state index in [1.807, 2.05) is 55.6 Å². The second-order valence-electron chi connectivity index (χ2n) is 5.34. The maximum atomic E-state index is 12.4. The number of aliphatic hydroxyl groups excluding tert-OH is 1. The van der Waals surface area contributed by atoms with E-state index in [2.05, 4.69) is 5.32 Å². The van der Waals surface area contributed by atoms with Crippen molar-refractivity contribution in [3.63, 3.8) is 0 Å². The van der Waals surface area contributed by atoms with Crippen LogP contribution in [0.2, 0.25) is 0 Å². The van der Waals surface area contributed by atoms with Gasteiger partial charge in [-0.3, -0.25) is 4.79 Å². The van der Waals surface area contributed by atoms with Crippen LogP contribution in [0.4, 0.5) is 0 Å². The van der Waals surface area contributed by atoms with E-state index < -0.39 is 5.54 Å². The molecule has 3 nitrogen and oxygen atoms in total. The van der Waals surface area contributed by atoms with Crippen molar-refractivity contribution < 1.29 is 9.90 Å². The summed E-state index contributed by atoms with van der Waals surface area (Å²) in [6, 6.07) is 11.8. The molecule has 0 unspecified atom stereocenters. The Hall–Kier alpha value is -1.65. The van der Waals surface area contributed by atoms with Crippen LogP contribution in [0.25, 0.3) is 11.1 Å². The van der Waals surface area contributed by atoms with Gasteiger partial charge in [0.1, 0.15) is 0 Å². The molecule has 106 valence electrons. The molecule has 0 atom stereocenters. The first-order valence-electron chi connectivity index (χ1n) is 6.60. The van der Waals surface area contributed by atoms with Crippen LogP contribution >= 0.6 is 11.3 Å². The van der Waals surface area contributed by atoms with Gasteiger partial charge in [-0.05, 0) is 37.3 Å². The summed E-state index contributed by atoms with van der Waals surface area (Å²) < 4.78 is 0. The molecule has 0 radical (unpaired) electrons. The van der Waals surface area contributed by atoms with E-state index in [1.54, 1.807) is 0 Å². The van der Waals surface area contributed by atoms with Crippen LogP contribution in [0, 0.1) is 0 Å². The van der Waals surface area contributed by atoms with Gasteiger partial charge in [0.25, 0.3) is 5.91 Å². The third-order valence-electron chi connectivity index (χ3n) is 3.14. The van der Waals surface area contributed by atoms with E-state index in [0.29, 0.717) is 11.3 Å². The highest BCUT2D eigenvalue weighted by atomic mass is 32.1. The number of benzene rings is 1. The maximum absolute atomic E-state index is 12.4. The molecule has 0 fully saturated rings. The van der Waals surface area contributed by atoms with E-state index in [9.17, 15) is 4.79 Å². The Labute approximate surface area is 123 Å². The minimum absolute atomic E-state index is 0.0588. The van der Waals surface area contributed by atoms with E-state index in [1.165, 1.54) is 11.3 Å². The fourth-order valence-electron chi connectivity index (χ4n) is 2.04. The van der Waals surface area contributed by atoms with Gasteiger partial charge in [-0.1, -0.05) is 30.3 Å². The van der Waals surface area contributed by atoms with Gasteiger partial charge in [0.15, 0.2) is 0 Å². The van der Waals surface area contributed by atoms with E-state index in [0.717, 1.165) is 11.1 Å². The molecule has 0 spiro atoms. The minimum atomic E-state index is -0.413. The lowest BCUT2D eigenvalue weighted by Gasteiger charge is -2.25. The first kappa shape index (κ1) is 14.8. The van der Waals surface area contributed by atoms with Gasteiger partial charge in [-0.25, -0.2) is 0 Å². The Morgan fingerprint density at radius 2 is 1.95 bits per heavy atom. The molecule has 0 aliphatic carbocycles. The Balaban J connectivity index is 2.22. The van der Waals surface area contributed by atoms with Gasteiger partial charge >= 0.3 is 0 Å². The highest BCUT2D eigenvalue weighted by Crippen LogP contribution is 2.28. The number of hydrogen-bond donors (Lipinski definition) is 2. The minimum Gasteiger partial charge on any atom is -0.396 e. The number of thiophene rings is 1. The van der Waals surface area contributed by atoms with Crippen molar-refractivity contribution in [2.24, 2.45) is 0 Å². The molecular formula is C16H19NO2S. The summed E-state index contributed by atoms with van der Waals surface area (Å²) in [6.07, 6.45) is 0.533. The molecule has 0 aliphatic heterocycles. The predicted octanol–water partition coefficient (Wildman–Crippen LogP) is 3.31. The van der Waals surface area contributed by atoms with E-state index in [-0.39, 0.29) is 12.5 Å². The Morgan fingerprint density at radius 3 is 2.60 bits per heavy atom. The standard InChI is InChI=1S/C16H19NO2S/c1-16(2,9-10-18)17-15(19)14-13(8-11-20-14)12-6-4-3-5-7-12/h3-8,11,18H,9-10H2,1-2H3,(H,17,19). The largest absolute Gasteiger partial charge is 0.396 e. The molecule has 2 rings (SSSR count). The molecule has 0 bridgehead atoms. The smallest absolute Gasteiger partial charge is 0.262 e. The second-order valence-corrected chi connectivity index (χ2v) is 6.26. The summed E-state index contributed by atoms with van der Waals surface area (Å²) in [5, 5.41) is 13.9. The number of amides is 1.